The Labute approximate surface area is 211 Å². The van der Waals surface area contributed by atoms with Gasteiger partial charge in [0.15, 0.2) is 6.23 Å². The van der Waals surface area contributed by atoms with Gasteiger partial charge in [0.2, 0.25) is 0 Å². The molecule has 6 rings (SSSR count). The van der Waals surface area contributed by atoms with Crippen LogP contribution < -0.4 is 4.90 Å². The lowest BCUT2D eigenvalue weighted by Gasteiger charge is -2.34. The lowest BCUT2D eigenvalue weighted by atomic mass is 10.0. The second-order valence-corrected chi connectivity index (χ2v) is 9.67. The van der Waals surface area contributed by atoms with Crippen LogP contribution in [0.4, 0.5) is 5.82 Å². The molecule has 0 aromatic carbocycles. The number of aromatic nitrogens is 6. The molecule has 2 aliphatic heterocycles. The molecule has 4 aromatic heterocycles. The maximum Gasteiger partial charge on any atom is 0.150 e. The third-order valence-electron chi connectivity index (χ3n) is 7.20. The monoisotopic (exact) mass is 487 g/mol. The molecular weight excluding hydrogens is 454 g/mol. The molecule has 36 heavy (non-hydrogen) atoms. The summed E-state index contributed by atoms with van der Waals surface area (Å²) in [5.74, 6) is 0.934. The van der Waals surface area contributed by atoms with E-state index in [4.69, 9.17) is 24.5 Å². The number of aryl methyl sites for hydroxylation is 2. The highest BCUT2D eigenvalue weighted by atomic mass is 16.5. The maximum atomic E-state index is 6.07. The van der Waals surface area contributed by atoms with Gasteiger partial charge in [0.1, 0.15) is 17.0 Å². The van der Waals surface area contributed by atoms with Crippen LogP contribution >= 0.6 is 0 Å². The average Bonchev–Trinajstić information content (AvgIpc) is 3.55. The van der Waals surface area contributed by atoms with Crippen LogP contribution in [-0.2, 0) is 16.0 Å². The molecule has 2 aliphatic rings. The Morgan fingerprint density at radius 2 is 2.00 bits per heavy atom. The van der Waals surface area contributed by atoms with Crippen molar-refractivity contribution in [3.8, 4) is 22.6 Å². The average molecular weight is 488 g/mol. The van der Waals surface area contributed by atoms with Crippen molar-refractivity contribution in [2.24, 2.45) is 0 Å². The van der Waals surface area contributed by atoms with E-state index in [1.54, 1.807) is 0 Å². The van der Waals surface area contributed by atoms with Crippen molar-refractivity contribution in [2.75, 3.05) is 31.3 Å². The number of fused-ring (bicyclic) bond motifs is 1. The molecule has 0 spiro atoms. The van der Waals surface area contributed by atoms with Gasteiger partial charge < -0.3 is 14.4 Å². The van der Waals surface area contributed by atoms with Crippen molar-refractivity contribution in [2.45, 2.75) is 58.8 Å². The predicted molar refractivity (Wildman–Crippen MR) is 139 cm³/mol. The number of hydrogen-bond acceptors (Lipinski definition) is 7. The van der Waals surface area contributed by atoms with Crippen LogP contribution in [0.2, 0.25) is 0 Å². The first-order valence-corrected chi connectivity index (χ1v) is 13.0. The van der Waals surface area contributed by atoms with Crippen molar-refractivity contribution in [3.63, 3.8) is 0 Å². The van der Waals surface area contributed by atoms with E-state index in [-0.39, 0.29) is 12.3 Å². The smallest absolute Gasteiger partial charge is 0.150 e. The summed E-state index contributed by atoms with van der Waals surface area (Å²) in [6, 6.07) is 8.68. The molecule has 0 aliphatic carbocycles. The van der Waals surface area contributed by atoms with E-state index in [1.807, 2.05) is 30.1 Å². The molecule has 1 unspecified atom stereocenters. The first-order chi connectivity index (χ1) is 17.6. The van der Waals surface area contributed by atoms with Gasteiger partial charge in [-0.15, -0.1) is 0 Å². The van der Waals surface area contributed by atoms with Gasteiger partial charge in [-0.1, -0.05) is 0 Å². The highest BCUT2D eigenvalue weighted by Gasteiger charge is 2.26. The fourth-order valence-corrected chi connectivity index (χ4v) is 5.40. The van der Waals surface area contributed by atoms with Crippen LogP contribution in [0.3, 0.4) is 0 Å². The van der Waals surface area contributed by atoms with Crippen molar-refractivity contribution in [3.05, 3.63) is 42.4 Å². The van der Waals surface area contributed by atoms with Gasteiger partial charge in [-0.25, -0.2) is 9.67 Å². The molecule has 2 atom stereocenters. The van der Waals surface area contributed by atoms with E-state index >= 15 is 0 Å². The summed E-state index contributed by atoms with van der Waals surface area (Å²) in [6.45, 7) is 10.1. The number of rotatable bonds is 5. The molecule has 0 radical (unpaired) electrons. The summed E-state index contributed by atoms with van der Waals surface area (Å²) < 4.78 is 15.8. The number of morpholine rings is 1. The number of anilines is 1. The van der Waals surface area contributed by atoms with Gasteiger partial charge in [0.25, 0.3) is 0 Å². The van der Waals surface area contributed by atoms with E-state index in [0.717, 1.165) is 84.0 Å². The standard InChI is InChI=1S/C27H33N7O2/c1-4-33-23(15-18(2)31-33)21-16-24(32-12-14-35-17-19(32)3)30-26-20(21)8-10-28-27(26)22-9-11-29-34(22)25-7-5-6-13-36-25/h8-11,15-16,19,25H,4-7,12-14,17H2,1-3H3/t19-,25?/m1/s1. The van der Waals surface area contributed by atoms with E-state index in [1.165, 1.54) is 0 Å². The third-order valence-corrected chi connectivity index (χ3v) is 7.20. The number of nitrogens with zero attached hydrogens (tertiary/aromatic N) is 7. The lowest BCUT2D eigenvalue weighted by Crippen LogP contribution is -2.44. The van der Waals surface area contributed by atoms with Gasteiger partial charge in [-0.3, -0.25) is 9.67 Å². The van der Waals surface area contributed by atoms with Gasteiger partial charge in [0.05, 0.1) is 36.3 Å². The van der Waals surface area contributed by atoms with Crippen LogP contribution in [0.5, 0.6) is 0 Å². The molecule has 2 fully saturated rings. The van der Waals surface area contributed by atoms with Crippen LogP contribution in [-0.4, -0.2) is 61.9 Å². The molecule has 0 saturated carbocycles. The molecule has 188 valence electrons. The molecule has 2 saturated heterocycles. The van der Waals surface area contributed by atoms with Crippen molar-refractivity contribution >= 4 is 16.7 Å². The van der Waals surface area contributed by atoms with Crippen molar-refractivity contribution in [1.82, 2.24) is 29.5 Å². The van der Waals surface area contributed by atoms with Crippen LogP contribution in [0.25, 0.3) is 33.5 Å². The summed E-state index contributed by atoms with van der Waals surface area (Å²) in [5.41, 5.74) is 5.81. The Bertz CT molecular complexity index is 1370. The Kier molecular flexibility index (Phi) is 6.18. The summed E-state index contributed by atoms with van der Waals surface area (Å²) >= 11 is 0. The minimum atomic E-state index is -0.0769. The molecule has 6 heterocycles. The normalized spacial score (nSPS) is 20.8. The molecule has 4 aromatic rings. The van der Waals surface area contributed by atoms with Crippen LogP contribution in [0.15, 0.2) is 36.7 Å². The van der Waals surface area contributed by atoms with Crippen molar-refractivity contribution in [1.29, 1.82) is 0 Å². The molecular formula is C27H33N7O2. The zero-order valence-corrected chi connectivity index (χ0v) is 21.2. The lowest BCUT2D eigenvalue weighted by molar-refractivity contribution is -0.0383. The fourth-order valence-electron chi connectivity index (χ4n) is 5.40. The molecule has 9 heteroatoms. The molecule has 0 N–H and O–H groups in total. The SMILES string of the molecule is CCn1nc(C)cc1-c1cc(N2CCOC[C@H]2C)nc2c(-c3ccnn3C3CCCCO3)nccc12. The van der Waals surface area contributed by atoms with Crippen LogP contribution in [0, 0.1) is 6.92 Å². The molecule has 0 amide bonds. The minimum absolute atomic E-state index is 0.0769. The number of ether oxygens (including phenoxy) is 2. The Morgan fingerprint density at radius 1 is 1.08 bits per heavy atom. The molecule has 9 nitrogen and oxygen atoms in total. The third kappa shape index (κ3) is 4.06. The maximum absolute atomic E-state index is 6.07. The zero-order chi connectivity index (χ0) is 24.6. The highest BCUT2D eigenvalue weighted by molar-refractivity contribution is 6.01. The zero-order valence-electron chi connectivity index (χ0n) is 21.2. The summed E-state index contributed by atoms with van der Waals surface area (Å²) in [7, 11) is 0. The van der Waals surface area contributed by atoms with Gasteiger partial charge in [0, 0.05) is 43.0 Å². The van der Waals surface area contributed by atoms with E-state index in [2.05, 4.69) is 46.7 Å². The van der Waals surface area contributed by atoms with Gasteiger partial charge >= 0.3 is 0 Å². The highest BCUT2D eigenvalue weighted by Crippen LogP contribution is 2.37. The fraction of sp³-hybridized carbons (Fsp3) is 0.481. The Hall–Kier alpha value is -3.30. The van der Waals surface area contributed by atoms with Gasteiger partial charge in [-0.2, -0.15) is 10.2 Å². The second kappa shape index (κ2) is 9.63. The summed E-state index contributed by atoms with van der Waals surface area (Å²) in [4.78, 5) is 12.4. The van der Waals surface area contributed by atoms with Crippen molar-refractivity contribution < 1.29 is 9.47 Å². The second-order valence-electron chi connectivity index (χ2n) is 9.67. The first-order valence-electron chi connectivity index (χ1n) is 13.0. The molecule has 0 bridgehead atoms. The quantitative estimate of drug-likeness (QED) is 0.406. The van der Waals surface area contributed by atoms with E-state index in [0.29, 0.717) is 13.2 Å². The Morgan fingerprint density at radius 3 is 2.81 bits per heavy atom. The largest absolute Gasteiger partial charge is 0.377 e. The summed E-state index contributed by atoms with van der Waals surface area (Å²) in [6.07, 6.45) is 6.80. The summed E-state index contributed by atoms with van der Waals surface area (Å²) in [5, 5.41) is 10.4. The first kappa shape index (κ1) is 23.1. The van der Waals surface area contributed by atoms with E-state index < -0.39 is 0 Å². The van der Waals surface area contributed by atoms with Crippen LogP contribution in [0.1, 0.15) is 45.0 Å². The van der Waals surface area contributed by atoms with Gasteiger partial charge in [-0.05, 0) is 64.3 Å². The Balaban J connectivity index is 1.58. The topological polar surface area (TPSA) is 83.1 Å². The van der Waals surface area contributed by atoms with E-state index in [9.17, 15) is 0 Å². The number of hydrogen-bond donors (Lipinski definition) is 0. The predicted octanol–water partition coefficient (Wildman–Crippen LogP) is 4.61. The minimum Gasteiger partial charge on any atom is -0.377 e. The number of pyridine rings is 2.